The monoisotopic (exact) mass is 314 g/mol. The van der Waals surface area contributed by atoms with Gasteiger partial charge in [-0.05, 0) is 0 Å². The van der Waals surface area contributed by atoms with Gasteiger partial charge in [-0.25, -0.2) is 0 Å². The zero-order valence-electron chi connectivity index (χ0n) is 10.8. The molecule has 1 aromatic heterocycles. The summed E-state index contributed by atoms with van der Waals surface area (Å²) in [5.41, 5.74) is 2.44. The number of imidazole rings is 1. The quantitative estimate of drug-likeness (QED) is 0.755. The fraction of sp³-hybridized carbons (Fsp3) is 0.462. The van der Waals surface area contributed by atoms with E-state index in [4.69, 9.17) is 9.47 Å². The Labute approximate surface area is 114 Å². The van der Waals surface area contributed by atoms with E-state index >= 15 is 0 Å². The standard InChI is InChI=1S/C13H18N2O2Se/c1-16-9-7-14-11-5-3-4-6-12(11)15(13(14)18)8-10-17-2/h3-6H,7-10H2,1-2H3. The van der Waals surface area contributed by atoms with E-state index in [2.05, 4.69) is 49.0 Å². The van der Waals surface area contributed by atoms with Crippen LogP contribution in [0.2, 0.25) is 0 Å². The van der Waals surface area contributed by atoms with Crippen LogP contribution in [-0.2, 0) is 22.6 Å². The van der Waals surface area contributed by atoms with Crippen LogP contribution in [0.25, 0.3) is 11.0 Å². The molecular weight excluding hydrogens is 295 g/mol. The number of fused-ring (bicyclic) bond motifs is 1. The molecule has 0 N–H and O–H groups in total. The molecule has 0 fully saturated rings. The Balaban J connectivity index is 2.49. The van der Waals surface area contributed by atoms with Crippen molar-refractivity contribution >= 4 is 26.6 Å². The van der Waals surface area contributed by atoms with Crippen molar-refractivity contribution in [1.29, 1.82) is 0 Å². The Hall–Kier alpha value is -0.871. The Kier molecular flexibility index (Phi) is 4.78. The Morgan fingerprint density at radius 3 is 1.78 bits per heavy atom. The molecule has 0 bridgehead atoms. The van der Waals surface area contributed by atoms with E-state index in [1.165, 1.54) is 11.0 Å². The number of para-hydroxylation sites is 2. The van der Waals surface area contributed by atoms with Gasteiger partial charge in [-0.15, -0.1) is 0 Å². The molecule has 1 aromatic carbocycles. The van der Waals surface area contributed by atoms with Gasteiger partial charge in [-0.3, -0.25) is 0 Å². The molecule has 1 heterocycles. The van der Waals surface area contributed by atoms with Crippen LogP contribution < -0.4 is 0 Å². The number of aromatic nitrogens is 2. The number of ether oxygens (including phenoxy) is 2. The van der Waals surface area contributed by atoms with Gasteiger partial charge in [0.05, 0.1) is 0 Å². The van der Waals surface area contributed by atoms with Gasteiger partial charge in [0.15, 0.2) is 0 Å². The second kappa shape index (κ2) is 6.34. The predicted octanol–water partition coefficient (Wildman–Crippen LogP) is 1.44. The Morgan fingerprint density at radius 2 is 1.39 bits per heavy atom. The first-order valence-corrected chi connectivity index (χ1v) is 6.81. The number of methoxy groups -OCH3 is 2. The van der Waals surface area contributed by atoms with Crippen LogP contribution in [0.5, 0.6) is 0 Å². The van der Waals surface area contributed by atoms with Gasteiger partial charge in [0.25, 0.3) is 0 Å². The van der Waals surface area contributed by atoms with Crippen molar-refractivity contribution in [1.82, 2.24) is 9.13 Å². The summed E-state index contributed by atoms with van der Waals surface area (Å²) in [6, 6.07) is 8.39. The fourth-order valence-electron chi connectivity index (χ4n) is 2.07. The van der Waals surface area contributed by atoms with E-state index in [1.54, 1.807) is 14.2 Å². The average Bonchev–Trinajstić information content (AvgIpc) is 2.66. The second-order valence-electron chi connectivity index (χ2n) is 4.06. The first kappa shape index (κ1) is 13.6. The predicted molar refractivity (Wildman–Crippen MR) is 72.7 cm³/mol. The Bertz CT molecular complexity index is 526. The van der Waals surface area contributed by atoms with E-state index in [9.17, 15) is 0 Å². The summed E-state index contributed by atoms with van der Waals surface area (Å²) in [6.07, 6.45) is 0. The molecule has 4 nitrogen and oxygen atoms in total. The van der Waals surface area contributed by atoms with Crippen molar-refractivity contribution in [2.24, 2.45) is 0 Å². The summed E-state index contributed by atoms with van der Waals surface area (Å²) in [5.74, 6) is 0. The van der Waals surface area contributed by atoms with Crippen molar-refractivity contribution in [2.45, 2.75) is 13.1 Å². The van der Waals surface area contributed by atoms with E-state index < -0.39 is 0 Å². The summed E-state index contributed by atoms with van der Waals surface area (Å²) in [6.45, 7) is 3.11. The molecule has 18 heavy (non-hydrogen) atoms. The third-order valence-electron chi connectivity index (χ3n) is 2.96. The topological polar surface area (TPSA) is 28.3 Å². The SMILES string of the molecule is COCCn1c(=[Se])n(CCOC)c2ccccc21. The second-order valence-corrected chi connectivity index (χ2v) is 4.83. The summed E-state index contributed by atoms with van der Waals surface area (Å²) >= 11 is 3.16. The van der Waals surface area contributed by atoms with E-state index in [1.807, 2.05) is 0 Å². The van der Waals surface area contributed by atoms with Gasteiger partial charge in [-0.2, -0.15) is 0 Å². The van der Waals surface area contributed by atoms with Crippen molar-refractivity contribution in [3.63, 3.8) is 0 Å². The molecule has 0 saturated heterocycles. The van der Waals surface area contributed by atoms with Gasteiger partial charge < -0.3 is 0 Å². The molecular formula is C13H18N2O2Se. The van der Waals surface area contributed by atoms with E-state index in [0.29, 0.717) is 13.2 Å². The van der Waals surface area contributed by atoms with Crippen LogP contribution in [0.15, 0.2) is 24.3 Å². The number of rotatable bonds is 6. The molecule has 0 atom stereocenters. The first-order valence-electron chi connectivity index (χ1n) is 5.95. The van der Waals surface area contributed by atoms with Crippen LogP contribution in [0.4, 0.5) is 0 Å². The third-order valence-corrected chi connectivity index (χ3v) is 3.89. The molecule has 0 saturated carbocycles. The number of hydrogen-bond acceptors (Lipinski definition) is 2. The Morgan fingerprint density at radius 1 is 0.944 bits per heavy atom. The molecule has 0 spiro atoms. The number of hydrogen-bond donors (Lipinski definition) is 0. The summed E-state index contributed by atoms with van der Waals surface area (Å²) in [4.78, 5) is 0. The summed E-state index contributed by atoms with van der Waals surface area (Å²) in [7, 11) is 3.45. The van der Waals surface area contributed by atoms with Gasteiger partial charge in [0.1, 0.15) is 0 Å². The maximum absolute atomic E-state index is 5.17. The molecule has 5 heteroatoms. The van der Waals surface area contributed by atoms with E-state index in [0.717, 1.165) is 17.4 Å². The molecule has 2 aromatic rings. The van der Waals surface area contributed by atoms with Crippen molar-refractivity contribution in [3.05, 3.63) is 28.6 Å². The molecule has 0 aliphatic carbocycles. The van der Waals surface area contributed by atoms with Crippen molar-refractivity contribution < 1.29 is 9.47 Å². The van der Waals surface area contributed by atoms with E-state index in [-0.39, 0.29) is 0 Å². The number of nitrogens with zero attached hydrogens (tertiary/aromatic N) is 2. The van der Waals surface area contributed by atoms with Crippen molar-refractivity contribution in [2.75, 3.05) is 27.4 Å². The third kappa shape index (κ3) is 2.59. The van der Waals surface area contributed by atoms with Crippen LogP contribution in [0.1, 0.15) is 0 Å². The van der Waals surface area contributed by atoms with Crippen LogP contribution in [0.3, 0.4) is 0 Å². The number of benzene rings is 1. The summed E-state index contributed by atoms with van der Waals surface area (Å²) < 4.78 is 15.9. The fourth-order valence-corrected chi connectivity index (χ4v) is 2.87. The minimum absolute atomic E-state index is 0.706. The maximum atomic E-state index is 5.17. The molecule has 0 radical (unpaired) electrons. The molecule has 0 unspecified atom stereocenters. The van der Waals surface area contributed by atoms with Crippen molar-refractivity contribution in [3.8, 4) is 0 Å². The molecule has 0 aliphatic rings. The summed E-state index contributed by atoms with van der Waals surface area (Å²) in [5, 5.41) is 0. The van der Waals surface area contributed by atoms with Gasteiger partial charge in [-0.1, -0.05) is 0 Å². The average molecular weight is 313 g/mol. The molecule has 98 valence electrons. The van der Waals surface area contributed by atoms with Gasteiger partial charge in [0, 0.05) is 0 Å². The van der Waals surface area contributed by atoms with Crippen LogP contribution in [-0.4, -0.2) is 52.1 Å². The molecule has 0 aliphatic heterocycles. The van der Waals surface area contributed by atoms with Crippen LogP contribution in [0, 0.1) is 4.32 Å². The van der Waals surface area contributed by atoms with Gasteiger partial charge in [0.2, 0.25) is 0 Å². The normalized spacial score (nSPS) is 11.2. The molecule has 0 amide bonds. The zero-order valence-corrected chi connectivity index (χ0v) is 12.5. The first-order chi connectivity index (χ1) is 8.79. The van der Waals surface area contributed by atoms with Crippen LogP contribution >= 0.6 is 0 Å². The van der Waals surface area contributed by atoms with Gasteiger partial charge >= 0.3 is 114 Å². The zero-order chi connectivity index (χ0) is 13.0. The minimum atomic E-state index is 0.706. The molecule has 2 rings (SSSR count).